The topological polar surface area (TPSA) is 74.0 Å². The second kappa shape index (κ2) is 8.13. The number of amides is 1. The van der Waals surface area contributed by atoms with E-state index in [1.54, 1.807) is 57.5 Å². The molecule has 8 heteroatoms. The second-order valence-corrected chi connectivity index (χ2v) is 6.68. The Kier molecular flexibility index (Phi) is 5.66. The van der Waals surface area contributed by atoms with Crippen molar-refractivity contribution in [1.29, 1.82) is 0 Å². The zero-order valence-electron chi connectivity index (χ0n) is 15.5. The van der Waals surface area contributed by atoms with Crippen LogP contribution >= 0.6 is 11.3 Å². The first-order valence-electron chi connectivity index (χ1n) is 8.12. The lowest BCUT2D eigenvalue weighted by atomic mass is 10.1. The predicted octanol–water partition coefficient (Wildman–Crippen LogP) is 3.70. The molecule has 0 aliphatic carbocycles. The van der Waals surface area contributed by atoms with Crippen LogP contribution in [0.2, 0.25) is 0 Å². The number of hydrogen-bond acceptors (Lipinski definition) is 7. The molecule has 0 aliphatic rings. The quantitative estimate of drug-likeness (QED) is 0.614. The normalized spacial score (nSPS) is 10.5. The van der Waals surface area contributed by atoms with Crippen molar-refractivity contribution in [2.24, 2.45) is 0 Å². The minimum atomic E-state index is -0.0534. The van der Waals surface area contributed by atoms with Crippen LogP contribution in [-0.4, -0.2) is 44.3 Å². The van der Waals surface area contributed by atoms with Crippen LogP contribution in [0.15, 0.2) is 40.2 Å². The van der Waals surface area contributed by atoms with Crippen LogP contribution in [0.25, 0.3) is 11.3 Å². The van der Waals surface area contributed by atoms with Gasteiger partial charge in [-0.25, -0.2) is 0 Å². The van der Waals surface area contributed by atoms with E-state index in [-0.39, 0.29) is 5.91 Å². The molecule has 0 bridgehead atoms. The molecular formula is C19H20N2O5S. The molecule has 2 heterocycles. The fourth-order valence-corrected chi connectivity index (χ4v) is 3.37. The van der Waals surface area contributed by atoms with E-state index in [1.165, 1.54) is 11.3 Å². The minimum Gasteiger partial charge on any atom is -0.493 e. The Balaban J connectivity index is 1.82. The standard InChI is InChI=1S/C19H20N2O5S/c1-21(19(22)17-6-5-7-27-17)11-13-10-14(26-20-13)12-8-15(23-2)18(25-4)16(9-12)24-3/h5-10H,11H2,1-4H3. The Morgan fingerprint density at radius 1 is 1.15 bits per heavy atom. The third-order valence-electron chi connectivity index (χ3n) is 3.99. The molecule has 3 rings (SSSR count). The van der Waals surface area contributed by atoms with E-state index in [1.807, 2.05) is 11.4 Å². The van der Waals surface area contributed by atoms with Gasteiger partial charge in [-0.3, -0.25) is 4.79 Å². The summed E-state index contributed by atoms with van der Waals surface area (Å²) in [4.78, 5) is 14.6. The fraction of sp³-hybridized carbons (Fsp3) is 0.263. The van der Waals surface area contributed by atoms with E-state index in [4.69, 9.17) is 18.7 Å². The largest absolute Gasteiger partial charge is 0.493 e. The van der Waals surface area contributed by atoms with E-state index < -0.39 is 0 Å². The Bertz CT molecular complexity index is 895. The van der Waals surface area contributed by atoms with E-state index in [0.29, 0.717) is 40.1 Å². The van der Waals surface area contributed by atoms with Gasteiger partial charge >= 0.3 is 0 Å². The average Bonchev–Trinajstić information content (AvgIpc) is 3.38. The third kappa shape index (κ3) is 3.90. The first-order valence-corrected chi connectivity index (χ1v) is 9.00. The molecule has 7 nitrogen and oxygen atoms in total. The van der Waals surface area contributed by atoms with Gasteiger partial charge in [-0.2, -0.15) is 0 Å². The maximum atomic E-state index is 12.4. The lowest BCUT2D eigenvalue weighted by Gasteiger charge is -2.14. The molecule has 0 saturated heterocycles. The second-order valence-electron chi connectivity index (χ2n) is 5.74. The van der Waals surface area contributed by atoms with Crippen molar-refractivity contribution < 1.29 is 23.5 Å². The van der Waals surface area contributed by atoms with E-state index in [9.17, 15) is 4.79 Å². The summed E-state index contributed by atoms with van der Waals surface area (Å²) >= 11 is 1.41. The van der Waals surface area contributed by atoms with Crippen LogP contribution in [0.5, 0.6) is 17.2 Å². The van der Waals surface area contributed by atoms with Gasteiger partial charge in [-0.15, -0.1) is 11.3 Å². The molecule has 0 N–H and O–H groups in total. The van der Waals surface area contributed by atoms with Gasteiger partial charge < -0.3 is 23.6 Å². The molecule has 0 aliphatic heterocycles. The molecule has 142 valence electrons. The predicted molar refractivity (Wildman–Crippen MR) is 102 cm³/mol. The number of hydrogen-bond donors (Lipinski definition) is 0. The molecule has 0 radical (unpaired) electrons. The maximum Gasteiger partial charge on any atom is 0.264 e. The zero-order chi connectivity index (χ0) is 19.4. The molecule has 2 aromatic heterocycles. The van der Waals surface area contributed by atoms with Gasteiger partial charge in [0.25, 0.3) is 5.91 Å². The number of methoxy groups -OCH3 is 3. The molecule has 3 aromatic rings. The minimum absolute atomic E-state index is 0.0534. The van der Waals surface area contributed by atoms with E-state index in [2.05, 4.69) is 5.16 Å². The van der Waals surface area contributed by atoms with Gasteiger partial charge in [0, 0.05) is 18.7 Å². The summed E-state index contributed by atoms with van der Waals surface area (Å²) in [6.45, 7) is 0.338. The lowest BCUT2D eigenvalue weighted by molar-refractivity contribution is 0.0787. The number of nitrogens with zero attached hydrogens (tertiary/aromatic N) is 2. The van der Waals surface area contributed by atoms with Crippen LogP contribution < -0.4 is 14.2 Å². The summed E-state index contributed by atoms with van der Waals surface area (Å²) in [5.41, 5.74) is 1.38. The lowest BCUT2D eigenvalue weighted by Crippen LogP contribution is -2.25. The van der Waals surface area contributed by atoms with Gasteiger partial charge in [0.1, 0.15) is 5.69 Å². The smallest absolute Gasteiger partial charge is 0.264 e. The Labute approximate surface area is 161 Å². The number of ether oxygens (including phenoxy) is 3. The van der Waals surface area contributed by atoms with Crippen LogP contribution in [0.3, 0.4) is 0 Å². The summed E-state index contributed by atoms with van der Waals surface area (Å²) in [6, 6.07) is 9.01. The maximum absolute atomic E-state index is 12.4. The monoisotopic (exact) mass is 388 g/mol. The van der Waals surface area contributed by atoms with E-state index >= 15 is 0 Å². The molecule has 0 spiro atoms. The van der Waals surface area contributed by atoms with Crippen molar-refractivity contribution in [3.63, 3.8) is 0 Å². The molecule has 27 heavy (non-hydrogen) atoms. The zero-order valence-corrected chi connectivity index (χ0v) is 16.3. The number of carbonyl (C=O) groups excluding carboxylic acids is 1. The highest BCUT2D eigenvalue weighted by atomic mass is 32.1. The number of carbonyl (C=O) groups is 1. The molecule has 1 amide bonds. The van der Waals surface area contributed by atoms with Gasteiger partial charge in [0.15, 0.2) is 17.3 Å². The number of thiophene rings is 1. The van der Waals surface area contributed by atoms with Crippen LogP contribution in [-0.2, 0) is 6.54 Å². The van der Waals surface area contributed by atoms with Crippen molar-refractivity contribution >= 4 is 17.2 Å². The van der Waals surface area contributed by atoms with Crippen molar-refractivity contribution in [2.75, 3.05) is 28.4 Å². The van der Waals surface area contributed by atoms with Gasteiger partial charge in [0.2, 0.25) is 5.75 Å². The van der Waals surface area contributed by atoms with Gasteiger partial charge in [-0.1, -0.05) is 11.2 Å². The first-order chi connectivity index (χ1) is 13.1. The Hall–Kier alpha value is -3.00. The molecule has 0 fully saturated rings. The number of rotatable bonds is 7. The van der Waals surface area contributed by atoms with Crippen molar-refractivity contribution in [3.8, 4) is 28.6 Å². The van der Waals surface area contributed by atoms with Crippen molar-refractivity contribution in [2.45, 2.75) is 6.54 Å². The molecular weight excluding hydrogens is 368 g/mol. The van der Waals surface area contributed by atoms with Crippen molar-refractivity contribution in [3.05, 3.63) is 46.3 Å². The molecule has 1 aromatic carbocycles. The van der Waals surface area contributed by atoms with E-state index in [0.717, 1.165) is 5.56 Å². The molecule has 0 atom stereocenters. The highest BCUT2D eigenvalue weighted by Gasteiger charge is 2.18. The summed E-state index contributed by atoms with van der Waals surface area (Å²) in [5.74, 6) is 2.04. The molecule has 0 saturated carbocycles. The van der Waals surface area contributed by atoms with Crippen LogP contribution in [0.4, 0.5) is 0 Å². The van der Waals surface area contributed by atoms with Crippen LogP contribution in [0.1, 0.15) is 15.4 Å². The Morgan fingerprint density at radius 3 is 2.41 bits per heavy atom. The van der Waals surface area contributed by atoms with Crippen molar-refractivity contribution in [1.82, 2.24) is 10.1 Å². The van der Waals surface area contributed by atoms with Gasteiger partial charge in [0.05, 0.1) is 32.8 Å². The number of benzene rings is 1. The fourth-order valence-electron chi connectivity index (χ4n) is 2.65. The average molecular weight is 388 g/mol. The third-order valence-corrected chi connectivity index (χ3v) is 4.84. The summed E-state index contributed by atoms with van der Waals surface area (Å²) in [6.07, 6.45) is 0. The SMILES string of the molecule is COc1cc(-c2cc(CN(C)C(=O)c3cccs3)no2)cc(OC)c1OC. The Morgan fingerprint density at radius 2 is 1.85 bits per heavy atom. The summed E-state index contributed by atoms with van der Waals surface area (Å²) < 4.78 is 21.5. The van der Waals surface area contributed by atoms with Crippen LogP contribution in [0, 0.1) is 0 Å². The highest BCUT2D eigenvalue weighted by molar-refractivity contribution is 7.12. The molecule has 0 unspecified atom stereocenters. The van der Waals surface area contributed by atoms with Gasteiger partial charge in [-0.05, 0) is 23.6 Å². The first kappa shape index (κ1) is 18.8. The highest BCUT2D eigenvalue weighted by Crippen LogP contribution is 2.41. The number of aromatic nitrogens is 1. The summed E-state index contributed by atoms with van der Waals surface area (Å²) in [5, 5.41) is 5.95. The summed E-state index contributed by atoms with van der Waals surface area (Å²) in [7, 11) is 6.39.